The molecule has 4 aromatic heterocycles. The third-order valence-corrected chi connectivity index (χ3v) is 7.24. The maximum Gasteiger partial charge on any atom is 1.00 e. The number of ether oxygens (including phenoxy) is 4. The van der Waals surface area contributed by atoms with Crippen LogP contribution in [-0.4, -0.2) is 58.5 Å². The molecule has 0 aliphatic rings. The van der Waals surface area contributed by atoms with Crippen LogP contribution in [0.4, 0.5) is 0 Å². The van der Waals surface area contributed by atoms with Crippen LogP contribution in [0.3, 0.4) is 0 Å². The molecule has 4 heterocycles. The van der Waals surface area contributed by atoms with Crippen LogP contribution in [0.25, 0.3) is 43.6 Å². The number of nitrogens with zero attached hydrogens (tertiary/aromatic N) is 6. The van der Waals surface area contributed by atoms with E-state index in [1.54, 1.807) is 53.2 Å². The molecule has 4 aromatic carbocycles. The van der Waals surface area contributed by atoms with Gasteiger partial charge in [-0.1, -0.05) is 24.3 Å². The standard InChI is InChI=1S/4C10H9NO.2Ag.2NO3/c4*1-12-9-4-5-10-8(7-9)3-2-6-11-10;;;2*2-1(3)4/h4*2-7H,1H3;;;;/q;;;;2*+1;2*-1. The molecule has 58 heavy (non-hydrogen) atoms. The number of pyridine rings is 4. The minimum absolute atomic E-state index is 0. The Hall–Kier alpha value is -6.40. The van der Waals surface area contributed by atoms with E-state index in [1.807, 2.05) is 121 Å². The molecule has 0 N–H and O–H groups in total. The zero-order valence-electron chi connectivity index (χ0n) is 31.2. The molecule has 0 radical (unpaired) electrons. The van der Waals surface area contributed by atoms with E-state index >= 15 is 0 Å². The molecule has 308 valence electrons. The quantitative estimate of drug-likeness (QED) is 0.0917. The van der Waals surface area contributed by atoms with Gasteiger partial charge in [-0.05, 0) is 97.1 Å². The predicted molar refractivity (Wildman–Crippen MR) is 214 cm³/mol. The van der Waals surface area contributed by atoms with Crippen molar-refractivity contribution in [2.75, 3.05) is 28.4 Å². The normalized spacial score (nSPS) is 9.17. The molecule has 8 rings (SSSR count). The summed E-state index contributed by atoms with van der Waals surface area (Å²) in [5, 5.41) is 33.9. The van der Waals surface area contributed by atoms with Gasteiger partial charge in [0, 0.05) is 46.3 Å². The van der Waals surface area contributed by atoms with E-state index in [2.05, 4.69) is 19.9 Å². The van der Waals surface area contributed by atoms with E-state index in [-0.39, 0.29) is 44.8 Å². The van der Waals surface area contributed by atoms with Crippen molar-refractivity contribution in [3.8, 4) is 23.0 Å². The molecular weight excluding hydrogens is 940 g/mol. The largest absolute Gasteiger partial charge is 1.00 e. The number of aromatic nitrogens is 4. The molecule has 0 saturated heterocycles. The Morgan fingerprint density at radius 2 is 0.569 bits per heavy atom. The van der Waals surface area contributed by atoms with E-state index < -0.39 is 10.2 Å². The zero-order chi connectivity index (χ0) is 40.7. The van der Waals surface area contributed by atoms with Gasteiger partial charge in [0.05, 0.1) is 60.7 Å². The maximum absolute atomic E-state index is 8.25. The summed E-state index contributed by atoms with van der Waals surface area (Å²) in [6, 6.07) is 39.1. The van der Waals surface area contributed by atoms with Crippen molar-refractivity contribution in [3.63, 3.8) is 0 Å². The summed E-state index contributed by atoms with van der Waals surface area (Å²) in [4.78, 5) is 33.3. The van der Waals surface area contributed by atoms with Gasteiger partial charge >= 0.3 is 44.8 Å². The fourth-order valence-electron chi connectivity index (χ4n) is 4.72. The summed E-state index contributed by atoms with van der Waals surface area (Å²) in [5.41, 5.74) is 3.99. The van der Waals surface area contributed by atoms with Crippen LogP contribution in [0.5, 0.6) is 23.0 Å². The number of fused-ring (bicyclic) bond motifs is 4. The van der Waals surface area contributed by atoms with Crippen molar-refractivity contribution >= 4 is 43.6 Å². The monoisotopic (exact) mass is 974 g/mol. The fourth-order valence-corrected chi connectivity index (χ4v) is 4.72. The van der Waals surface area contributed by atoms with Crippen LogP contribution in [0.1, 0.15) is 0 Å². The summed E-state index contributed by atoms with van der Waals surface area (Å²) < 4.78 is 20.4. The van der Waals surface area contributed by atoms with Gasteiger partial charge in [0.2, 0.25) is 0 Å². The minimum Gasteiger partial charge on any atom is -0.497 e. The molecule has 0 unspecified atom stereocenters. The first-order valence-corrected chi connectivity index (χ1v) is 16.2. The zero-order valence-corrected chi connectivity index (χ0v) is 34.2. The molecule has 0 aliphatic carbocycles. The van der Waals surface area contributed by atoms with E-state index in [0.717, 1.165) is 66.6 Å². The smallest absolute Gasteiger partial charge is 0.497 e. The average Bonchev–Trinajstić information content (AvgIpc) is 3.23. The van der Waals surface area contributed by atoms with Gasteiger partial charge in [-0.3, -0.25) is 19.9 Å². The number of hydrogen-bond donors (Lipinski definition) is 0. The van der Waals surface area contributed by atoms with Crippen LogP contribution in [-0.2, 0) is 44.8 Å². The maximum atomic E-state index is 8.25. The molecular formula is C40H36Ag2N6O10. The number of benzene rings is 4. The Morgan fingerprint density at radius 3 is 0.741 bits per heavy atom. The van der Waals surface area contributed by atoms with E-state index in [4.69, 9.17) is 49.6 Å². The van der Waals surface area contributed by atoms with E-state index in [1.165, 1.54) is 0 Å². The van der Waals surface area contributed by atoms with E-state index in [9.17, 15) is 0 Å². The van der Waals surface area contributed by atoms with Gasteiger partial charge in [-0.2, -0.15) is 0 Å². The molecule has 0 aliphatic heterocycles. The summed E-state index contributed by atoms with van der Waals surface area (Å²) in [5.74, 6) is 3.48. The summed E-state index contributed by atoms with van der Waals surface area (Å²) in [6.07, 6.45) is 7.15. The van der Waals surface area contributed by atoms with Crippen molar-refractivity contribution in [2.45, 2.75) is 0 Å². The van der Waals surface area contributed by atoms with Crippen LogP contribution in [0, 0.1) is 30.6 Å². The molecule has 16 nitrogen and oxygen atoms in total. The SMILES string of the molecule is COc1ccc2ncccc2c1.COc1ccc2ncccc2c1.COc1ccc2ncccc2c1.COc1ccc2ncccc2c1.O=[N+]([O-])[O-].O=[N+]([O-])[O-].[Ag+].[Ag+]. The number of rotatable bonds is 4. The molecule has 0 fully saturated rings. The number of methoxy groups -OCH3 is 4. The topological polar surface area (TPSA) is 221 Å². The number of hydrogen-bond acceptors (Lipinski definition) is 14. The summed E-state index contributed by atoms with van der Waals surface area (Å²) in [7, 11) is 6.66. The van der Waals surface area contributed by atoms with Crippen molar-refractivity contribution in [3.05, 3.63) is 177 Å². The predicted octanol–water partition coefficient (Wildman–Crippen LogP) is 8.49. The van der Waals surface area contributed by atoms with Gasteiger partial charge in [0.15, 0.2) is 0 Å². The molecule has 8 aromatic rings. The minimum atomic E-state index is -1.75. The Kier molecular flexibility index (Phi) is 23.3. The first-order valence-electron chi connectivity index (χ1n) is 16.2. The van der Waals surface area contributed by atoms with Crippen molar-refractivity contribution in [1.82, 2.24) is 19.9 Å². The molecule has 18 heteroatoms. The van der Waals surface area contributed by atoms with Gasteiger partial charge in [-0.25, -0.2) is 0 Å². The first-order chi connectivity index (χ1) is 27.1. The molecule has 0 atom stereocenters. The Labute approximate surface area is 363 Å². The van der Waals surface area contributed by atoms with Crippen molar-refractivity contribution in [1.29, 1.82) is 0 Å². The summed E-state index contributed by atoms with van der Waals surface area (Å²) in [6.45, 7) is 0. The van der Waals surface area contributed by atoms with Crippen LogP contribution < -0.4 is 18.9 Å². The van der Waals surface area contributed by atoms with Gasteiger partial charge in [0.1, 0.15) is 23.0 Å². The molecule has 0 amide bonds. The second kappa shape index (κ2) is 27.2. The average molecular weight is 976 g/mol. The first kappa shape index (κ1) is 49.6. The van der Waals surface area contributed by atoms with Crippen LogP contribution in [0.2, 0.25) is 0 Å². The van der Waals surface area contributed by atoms with Gasteiger partial charge in [-0.15, -0.1) is 0 Å². The van der Waals surface area contributed by atoms with Gasteiger partial charge < -0.3 is 49.6 Å². The van der Waals surface area contributed by atoms with Crippen molar-refractivity contribution in [2.24, 2.45) is 0 Å². The van der Waals surface area contributed by atoms with Gasteiger partial charge in [0.25, 0.3) is 0 Å². The van der Waals surface area contributed by atoms with Crippen molar-refractivity contribution < 1.29 is 73.9 Å². The summed E-state index contributed by atoms with van der Waals surface area (Å²) >= 11 is 0. The molecule has 0 saturated carbocycles. The molecule has 0 bridgehead atoms. The fraction of sp³-hybridized carbons (Fsp3) is 0.100. The third kappa shape index (κ3) is 17.6. The second-order valence-corrected chi connectivity index (χ2v) is 10.7. The second-order valence-electron chi connectivity index (χ2n) is 10.7. The molecule has 0 spiro atoms. The Morgan fingerprint density at radius 1 is 0.379 bits per heavy atom. The third-order valence-electron chi connectivity index (χ3n) is 7.24. The Bertz CT molecular complexity index is 2130. The van der Waals surface area contributed by atoms with E-state index in [0.29, 0.717) is 0 Å². The van der Waals surface area contributed by atoms with Crippen LogP contribution in [0.15, 0.2) is 146 Å². The van der Waals surface area contributed by atoms with Crippen LogP contribution >= 0.6 is 0 Å². The Balaban J connectivity index is 0.000000360.